The lowest BCUT2D eigenvalue weighted by atomic mass is 10.4. The van der Waals surface area contributed by atoms with Crippen LogP contribution in [0.25, 0.3) is 0 Å². The van der Waals surface area contributed by atoms with E-state index in [9.17, 15) is 8.42 Å². The molecule has 1 N–H and O–H groups in total. The molecule has 2 heterocycles. The molecule has 4 nitrogen and oxygen atoms in total. The quantitative estimate of drug-likeness (QED) is 0.904. The zero-order valence-electron chi connectivity index (χ0n) is 9.73. The van der Waals surface area contributed by atoms with Crippen LogP contribution in [-0.2, 0) is 16.6 Å². The van der Waals surface area contributed by atoms with Gasteiger partial charge in [-0.2, -0.15) is 0 Å². The molecule has 0 fully saturated rings. The van der Waals surface area contributed by atoms with E-state index < -0.39 is 10.0 Å². The Bertz CT molecular complexity index is 641. The Labute approximate surface area is 122 Å². The van der Waals surface area contributed by atoms with Gasteiger partial charge in [0.1, 0.15) is 9.22 Å². The lowest BCUT2D eigenvalue weighted by Crippen LogP contribution is -2.22. The van der Waals surface area contributed by atoms with Crippen LogP contribution in [0.2, 0.25) is 0 Å². The van der Waals surface area contributed by atoms with Gasteiger partial charge in [0, 0.05) is 11.1 Å². The van der Waals surface area contributed by atoms with E-state index >= 15 is 0 Å². The van der Waals surface area contributed by atoms with Gasteiger partial charge in [-0.1, -0.05) is 0 Å². The molecule has 0 spiro atoms. The number of thiazole rings is 1. The smallest absolute Gasteiger partial charge is 0.245 e. The average molecular weight is 367 g/mol. The normalized spacial score (nSPS) is 11.9. The molecule has 98 valence electrons. The predicted molar refractivity (Wildman–Crippen MR) is 77.6 cm³/mol. The van der Waals surface area contributed by atoms with Crippen molar-refractivity contribution in [2.45, 2.75) is 24.6 Å². The fraction of sp³-hybridized carbons (Fsp3) is 0.300. The van der Waals surface area contributed by atoms with Crippen LogP contribution in [-0.4, -0.2) is 13.4 Å². The minimum Gasteiger partial charge on any atom is -0.245 e. The Hall–Kier alpha value is -0.280. The van der Waals surface area contributed by atoms with E-state index in [-0.39, 0.29) is 6.54 Å². The molecule has 0 unspecified atom stereocenters. The highest BCUT2D eigenvalue weighted by Crippen LogP contribution is 2.30. The Morgan fingerprint density at radius 3 is 2.67 bits per heavy atom. The molecule has 0 aliphatic rings. The molecular formula is C10H11BrN2O2S3. The summed E-state index contributed by atoms with van der Waals surface area (Å²) in [6.45, 7) is 3.98. The third-order valence-corrected chi connectivity index (χ3v) is 7.16. The number of nitrogens with zero attached hydrogens (tertiary/aromatic N) is 1. The summed E-state index contributed by atoms with van der Waals surface area (Å²) in [6.07, 6.45) is 0. The van der Waals surface area contributed by atoms with Gasteiger partial charge in [-0.25, -0.2) is 18.1 Å². The van der Waals surface area contributed by atoms with E-state index in [1.165, 1.54) is 22.7 Å². The van der Waals surface area contributed by atoms with Crippen molar-refractivity contribution in [3.8, 4) is 0 Å². The van der Waals surface area contributed by atoms with Gasteiger partial charge >= 0.3 is 0 Å². The minimum atomic E-state index is -3.45. The van der Waals surface area contributed by atoms with Crippen LogP contribution in [0.4, 0.5) is 0 Å². The molecule has 0 radical (unpaired) electrons. The Morgan fingerprint density at radius 1 is 1.44 bits per heavy atom. The standard InChI is InChI=1S/C10H11BrN2O2S3/c1-6-3-9(17-10(6)11)18(14,15)12-4-8-13-7(2)5-16-8/h3,5,12H,4H2,1-2H3. The van der Waals surface area contributed by atoms with Gasteiger partial charge in [0.05, 0.1) is 10.3 Å². The SMILES string of the molecule is Cc1csc(CNS(=O)(=O)c2cc(C)c(Br)s2)n1. The zero-order valence-corrected chi connectivity index (χ0v) is 13.8. The monoisotopic (exact) mass is 366 g/mol. The summed E-state index contributed by atoms with van der Waals surface area (Å²) in [4.78, 5) is 4.22. The largest absolute Gasteiger partial charge is 0.250 e. The number of thiophene rings is 1. The first-order chi connectivity index (χ1) is 8.38. The van der Waals surface area contributed by atoms with E-state index in [4.69, 9.17) is 0 Å². The maximum Gasteiger partial charge on any atom is 0.250 e. The molecule has 0 aliphatic heterocycles. The van der Waals surface area contributed by atoms with Gasteiger partial charge in [-0.05, 0) is 41.4 Å². The number of nitrogens with one attached hydrogen (secondary N) is 1. The molecule has 0 aliphatic carbocycles. The Morgan fingerprint density at radius 2 is 2.17 bits per heavy atom. The second-order valence-corrected chi connectivity index (χ2v) is 9.04. The Balaban J connectivity index is 2.12. The first-order valence-corrected chi connectivity index (χ1v) is 9.02. The summed E-state index contributed by atoms with van der Waals surface area (Å²) in [7, 11) is -3.45. The number of aryl methyl sites for hydroxylation is 2. The third-order valence-electron chi connectivity index (χ3n) is 2.18. The van der Waals surface area contributed by atoms with Crippen molar-refractivity contribution >= 4 is 48.6 Å². The van der Waals surface area contributed by atoms with Crippen LogP contribution in [0.3, 0.4) is 0 Å². The highest BCUT2D eigenvalue weighted by molar-refractivity contribution is 9.11. The third kappa shape index (κ3) is 3.18. The van der Waals surface area contributed by atoms with Crippen molar-refractivity contribution < 1.29 is 8.42 Å². The summed E-state index contributed by atoms with van der Waals surface area (Å²) in [5.41, 5.74) is 1.83. The lowest BCUT2D eigenvalue weighted by Gasteiger charge is -2.01. The second kappa shape index (κ2) is 5.38. The molecule has 0 saturated carbocycles. The Kier molecular flexibility index (Phi) is 4.22. The molecular weight excluding hydrogens is 356 g/mol. The minimum absolute atomic E-state index is 0.232. The highest BCUT2D eigenvalue weighted by atomic mass is 79.9. The molecule has 2 rings (SSSR count). The predicted octanol–water partition coefficient (Wildman–Crippen LogP) is 3.06. The van der Waals surface area contributed by atoms with Crippen LogP contribution in [0.5, 0.6) is 0 Å². The first-order valence-electron chi connectivity index (χ1n) is 5.05. The van der Waals surface area contributed by atoms with E-state index in [1.807, 2.05) is 19.2 Å². The summed E-state index contributed by atoms with van der Waals surface area (Å²) < 4.78 is 27.8. The van der Waals surface area contributed by atoms with Crippen molar-refractivity contribution in [2.75, 3.05) is 0 Å². The van der Waals surface area contributed by atoms with Gasteiger partial charge < -0.3 is 0 Å². The maximum absolute atomic E-state index is 12.0. The summed E-state index contributed by atoms with van der Waals surface area (Å²) >= 11 is 5.98. The van der Waals surface area contributed by atoms with Gasteiger partial charge in [0.25, 0.3) is 0 Å². The van der Waals surface area contributed by atoms with Crippen molar-refractivity contribution in [3.05, 3.63) is 31.5 Å². The molecule has 2 aromatic heterocycles. The van der Waals surface area contributed by atoms with E-state index in [0.29, 0.717) is 4.21 Å². The van der Waals surface area contributed by atoms with Crippen molar-refractivity contribution in [1.29, 1.82) is 0 Å². The molecule has 18 heavy (non-hydrogen) atoms. The van der Waals surface area contributed by atoms with E-state index in [0.717, 1.165) is 20.1 Å². The topological polar surface area (TPSA) is 59.1 Å². The zero-order chi connectivity index (χ0) is 13.3. The van der Waals surface area contributed by atoms with E-state index in [2.05, 4.69) is 25.6 Å². The van der Waals surface area contributed by atoms with Gasteiger partial charge in [-0.3, -0.25) is 0 Å². The summed E-state index contributed by atoms with van der Waals surface area (Å²) in [6, 6.07) is 1.66. The van der Waals surface area contributed by atoms with Crippen molar-refractivity contribution in [2.24, 2.45) is 0 Å². The van der Waals surface area contributed by atoms with Gasteiger partial charge in [0.15, 0.2) is 0 Å². The number of sulfonamides is 1. The van der Waals surface area contributed by atoms with Crippen molar-refractivity contribution in [3.63, 3.8) is 0 Å². The number of halogens is 1. The summed E-state index contributed by atoms with van der Waals surface area (Å²) in [5.74, 6) is 0. The maximum atomic E-state index is 12.0. The molecule has 0 saturated heterocycles. The number of rotatable bonds is 4. The molecule has 0 atom stereocenters. The van der Waals surface area contributed by atoms with Gasteiger partial charge in [0.2, 0.25) is 10.0 Å². The lowest BCUT2D eigenvalue weighted by molar-refractivity contribution is 0.583. The second-order valence-electron chi connectivity index (χ2n) is 3.73. The van der Waals surface area contributed by atoms with Crippen LogP contribution >= 0.6 is 38.6 Å². The molecule has 0 aromatic carbocycles. The van der Waals surface area contributed by atoms with Crippen LogP contribution in [0.1, 0.15) is 16.3 Å². The molecule has 8 heteroatoms. The molecule has 0 amide bonds. The number of aromatic nitrogens is 1. The summed E-state index contributed by atoms with van der Waals surface area (Å²) in [5, 5.41) is 2.67. The molecule has 0 bridgehead atoms. The van der Waals surface area contributed by atoms with Crippen molar-refractivity contribution in [1.82, 2.24) is 9.71 Å². The highest BCUT2D eigenvalue weighted by Gasteiger charge is 2.18. The van der Waals surface area contributed by atoms with Crippen LogP contribution < -0.4 is 4.72 Å². The fourth-order valence-corrected chi connectivity index (χ4v) is 5.34. The van der Waals surface area contributed by atoms with Crippen LogP contribution in [0, 0.1) is 13.8 Å². The number of hydrogen-bond acceptors (Lipinski definition) is 5. The van der Waals surface area contributed by atoms with Crippen LogP contribution in [0.15, 0.2) is 19.4 Å². The molecule has 2 aromatic rings. The first kappa shape index (κ1) is 14.1. The number of hydrogen-bond donors (Lipinski definition) is 1. The van der Waals surface area contributed by atoms with E-state index in [1.54, 1.807) is 6.07 Å². The fourth-order valence-electron chi connectivity index (χ4n) is 1.28. The van der Waals surface area contributed by atoms with Gasteiger partial charge in [-0.15, -0.1) is 22.7 Å². The average Bonchev–Trinajstić information content (AvgIpc) is 2.84.